The predicted octanol–water partition coefficient (Wildman–Crippen LogP) is 2.69. The van der Waals surface area contributed by atoms with E-state index in [1.54, 1.807) is 0 Å². The minimum Gasteiger partial charge on any atom is -0.314 e. The largest absolute Gasteiger partial charge is 0.314 e. The Hall–Kier alpha value is -0.860. The first kappa shape index (κ1) is 13.1. The molecule has 2 nitrogen and oxygen atoms in total. The average Bonchev–Trinajstić information content (AvgIpc) is 3.17. The molecule has 1 heterocycles. The fourth-order valence-electron chi connectivity index (χ4n) is 3.05. The van der Waals surface area contributed by atoms with E-state index in [9.17, 15) is 0 Å². The Balaban J connectivity index is 1.30. The maximum atomic E-state index is 3.67. The summed E-state index contributed by atoms with van der Waals surface area (Å²) in [5.74, 6) is 0.900. The Morgan fingerprint density at radius 3 is 2.74 bits per heavy atom. The Labute approximate surface area is 117 Å². The number of benzene rings is 1. The zero-order chi connectivity index (χ0) is 12.9. The van der Waals surface area contributed by atoms with Crippen LogP contribution in [0.2, 0.25) is 0 Å². The molecule has 1 saturated heterocycles. The molecule has 1 N–H and O–H groups in total. The number of hydrogen-bond acceptors (Lipinski definition) is 2. The van der Waals surface area contributed by atoms with E-state index in [-0.39, 0.29) is 0 Å². The number of nitrogens with one attached hydrogen (secondary N) is 1. The van der Waals surface area contributed by atoms with Crippen molar-refractivity contribution in [2.24, 2.45) is 5.92 Å². The van der Waals surface area contributed by atoms with Crippen LogP contribution in [0.5, 0.6) is 0 Å². The number of nitrogens with zero attached hydrogens (tertiary/aromatic N) is 1. The summed E-state index contributed by atoms with van der Waals surface area (Å²) in [6, 6.07) is 11.7. The Kier molecular flexibility index (Phi) is 4.52. The first-order valence-electron chi connectivity index (χ1n) is 7.90. The van der Waals surface area contributed by atoms with Crippen LogP contribution in [0.25, 0.3) is 0 Å². The average molecular weight is 258 g/mol. The highest BCUT2D eigenvalue weighted by atomic mass is 15.1. The zero-order valence-electron chi connectivity index (χ0n) is 11.9. The Bertz CT molecular complexity index is 372. The van der Waals surface area contributed by atoms with E-state index >= 15 is 0 Å². The summed E-state index contributed by atoms with van der Waals surface area (Å²) in [6.45, 7) is 5.15. The Morgan fingerprint density at radius 1 is 1.11 bits per heavy atom. The highest BCUT2D eigenvalue weighted by molar-refractivity contribution is 5.14. The number of likely N-dealkylation sites (tertiary alicyclic amines) is 1. The summed E-state index contributed by atoms with van der Waals surface area (Å²) in [5.41, 5.74) is 1.48. The van der Waals surface area contributed by atoms with Gasteiger partial charge in [0.25, 0.3) is 0 Å². The van der Waals surface area contributed by atoms with Crippen molar-refractivity contribution >= 4 is 0 Å². The molecular formula is C17H26N2. The van der Waals surface area contributed by atoms with E-state index in [0.29, 0.717) is 0 Å². The molecule has 3 rings (SSSR count). The molecule has 2 fully saturated rings. The van der Waals surface area contributed by atoms with Crippen molar-refractivity contribution < 1.29 is 0 Å². The van der Waals surface area contributed by atoms with Crippen LogP contribution in [0.1, 0.15) is 31.2 Å². The molecule has 1 aliphatic heterocycles. The summed E-state index contributed by atoms with van der Waals surface area (Å²) in [5, 5.41) is 3.67. The molecule has 1 aromatic carbocycles. The van der Waals surface area contributed by atoms with E-state index in [4.69, 9.17) is 0 Å². The van der Waals surface area contributed by atoms with Gasteiger partial charge in [-0.25, -0.2) is 0 Å². The van der Waals surface area contributed by atoms with E-state index in [1.165, 1.54) is 63.8 Å². The second kappa shape index (κ2) is 6.53. The summed E-state index contributed by atoms with van der Waals surface area (Å²) in [6.07, 6.45) is 6.74. The first-order chi connectivity index (χ1) is 9.40. The fourth-order valence-corrected chi connectivity index (χ4v) is 3.05. The molecule has 104 valence electrons. The topological polar surface area (TPSA) is 15.3 Å². The maximum absolute atomic E-state index is 3.67. The van der Waals surface area contributed by atoms with Crippen LogP contribution >= 0.6 is 0 Å². The molecule has 1 unspecified atom stereocenters. The molecule has 1 atom stereocenters. The van der Waals surface area contributed by atoms with Crippen molar-refractivity contribution in [3.8, 4) is 0 Å². The lowest BCUT2D eigenvalue weighted by molar-refractivity contribution is 0.317. The second-order valence-corrected chi connectivity index (χ2v) is 6.23. The number of hydrogen-bond donors (Lipinski definition) is 1. The van der Waals surface area contributed by atoms with Gasteiger partial charge in [-0.05, 0) is 63.2 Å². The molecular weight excluding hydrogens is 232 g/mol. The SMILES string of the molecule is c1ccc(CCCN2CCC(CNC3CC3)C2)cc1. The summed E-state index contributed by atoms with van der Waals surface area (Å²) >= 11 is 0. The lowest BCUT2D eigenvalue weighted by Gasteiger charge is -2.16. The summed E-state index contributed by atoms with van der Waals surface area (Å²) in [7, 11) is 0. The van der Waals surface area contributed by atoms with E-state index < -0.39 is 0 Å². The third-order valence-electron chi connectivity index (χ3n) is 4.43. The molecule has 2 aliphatic rings. The van der Waals surface area contributed by atoms with Crippen LogP contribution in [0.15, 0.2) is 30.3 Å². The maximum Gasteiger partial charge on any atom is 0.00683 e. The van der Waals surface area contributed by atoms with Gasteiger partial charge >= 0.3 is 0 Å². The third kappa shape index (κ3) is 4.32. The van der Waals surface area contributed by atoms with Crippen LogP contribution < -0.4 is 5.32 Å². The van der Waals surface area contributed by atoms with Crippen molar-refractivity contribution in [1.29, 1.82) is 0 Å². The highest BCUT2D eigenvalue weighted by Gasteiger charge is 2.25. The molecule has 1 saturated carbocycles. The van der Waals surface area contributed by atoms with Gasteiger partial charge in [0.05, 0.1) is 0 Å². The summed E-state index contributed by atoms with van der Waals surface area (Å²) in [4.78, 5) is 2.65. The molecule has 1 aliphatic carbocycles. The molecule has 0 amide bonds. The van der Waals surface area contributed by atoms with Gasteiger partial charge in [-0.1, -0.05) is 30.3 Å². The van der Waals surface area contributed by atoms with Gasteiger partial charge in [0.1, 0.15) is 0 Å². The molecule has 0 bridgehead atoms. The van der Waals surface area contributed by atoms with Crippen molar-refractivity contribution in [3.05, 3.63) is 35.9 Å². The lowest BCUT2D eigenvalue weighted by Crippen LogP contribution is -2.28. The molecule has 0 spiro atoms. The second-order valence-electron chi connectivity index (χ2n) is 6.23. The highest BCUT2D eigenvalue weighted by Crippen LogP contribution is 2.21. The van der Waals surface area contributed by atoms with Crippen LogP contribution in [0.3, 0.4) is 0 Å². The predicted molar refractivity (Wildman–Crippen MR) is 80.3 cm³/mol. The molecule has 19 heavy (non-hydrogen) atoms. The Morgan fingerprint density at radius 2 is 1.95 bits per heavy atom. The van der Waals surface area contributed by atoms with E-state index in [0.717, 1.165) is 12.0 Å². The van der Waals surface area contributed by atoms with Crippen molar-refractivity contribution in [3.63, 3.8) is 0 Å². The molecule has 1 aromatic rings. The van der Waals surface area contributed by atoms with E-state index in [1.807, 2.05) is 0 Å². The molecule has 0 aromatic heterocycles. The number of rotatable bonds is 7. The van der Waals surface area contributed by atoms with Crippen LogP contribution in [-0.4, -0.2) is 37.1 Å². The first-order valence-corrected chi connectivity index (χ1v) is 7.90. The quantitative estimate of drug-likeness (QED) is 0.809. The normalized spacial score (nSPS) is 23.9. The van der Waals surface area contributed by atoms with E-state index in [2.05, 4.69) is 40.5 Å². The number of aryl methyl sites for hydroxylation is 1. The van der Waals surface area contributed by atoms with Crippen molar-refractivity contribution in [1.82, 2.24) is 10.2 Å². The van der Waals surface area contributed by atoms with Crippen molar-refractivity contribution in [2.45, 2.75) is 38.1 Å². The fraction of sp³-hybridized carbons (Fsp3) is 0.647. The van der Waals surface area contributed by atoms with Gasteiger partial charge in [-0.15, -0.1) is 0 Å². The van der Waals surface area contributed by atoms with Gasteiger partial charge in [-0.3, -0.25) is 0 Å². The van der Waals surface area contributed by atoms with Gasteiger partial charge in [-0.2, -0.15) is 0 Å². The molecule has 0 radical (unpaired) electrons. The smallest absolute Gasteiger partial charge is 0.00683 e. The van der Waals surface area contributed by atoms with Gasteiger partial charge in [0, 0.05) is 12.6 Å². The summed E-state index contributed by atoms with van der Waals surface area (Å²) < 4.78 is 0. The third-order valence-corrected chi connectivity index (χ3v) is 4.43. The van der Waals surface area contributed by atoms with Crippen LogP contribution in [-0.2, 0) is 6.42 Å². The zero-order valence-corrected chi connectivity index (χ0v) is 11.9. The van der Waals surface area contributed by atoms with Crippen LogP contribution in [0.4, 0.5) is 0 Å². The lowest BCUT2D eigenvalue weighted by atomic mass is 10.1. The van der Waals surface area contributed by atoms with Crippen molar-refractivity contribution in [2.75, 3.05) is 26.2 Å². The standard InChI is InChI=1S/C17H26N2/c1-2-5-15(6-3-1)7-4-11-19-12-10-16(14-19)13-18-17-8-9-17/h1-3,5-6,16-18H,4,7-14H2. The molecule has 2 heteroatoms. The monoisotopic (exact) mass is 258 g/mol. The van der Waals surface area contributed by atoms with Gasteiger partial charge < -0.3 is 10.2 Å². The minimum absolute atomic E-state index is 0.868. The van der Waals surface area contributed by atoms with Crippen LogP contribution in [0, 0.1) is 5.92 Å². The van der Waals surface area contributed by atoms with Gasteiger partial charge in [0.15, 0.2) is 0 Å². The van der Waals surface area contributed by atoms with Gasteiger partial charge in [0.2, 0.25) is 0 Å². The minimum atomic E-state index is 0.868.